The Kier molecular flexibility index (Phi) is 6.68. The lowest BCUT2D eigenvalue weighted by molar-refractivity contribution is -0.151. The molecule has 3 amide bonds. The molecule has 0 aliphatic carbocycles. The number of ether oxygens (including phenoxy) is 1. The van der Waals surface area contributed by atoms with E-state index in [9.17, 15) is 19.2 Å². The van der Waals surface area contributed by atoms with Gasteiger partial charge >= 0.3 is 5.97 Å². The van der Waals surface area contributed by atoms with Gasteiger partial charge in [0.25, 0.3) is 11.8 Å². The fraction of sp³-hybridized carbons (Fsp3) is 0.238. The van der Waals surface area contributed by atoms with Crippen molar-refractivity contribution in [1.82, 2.24) is 10.4 Å². The summed E-state index contributed by atoms with van der Waals surface area (Å²) in [4.78, 5) is 48.7. The highest BCUT2D eigenvalue weighted by Crippen LogP contribution is 2.21. The van der Waals surface area contributed by atoms with Crippen molar-refractivity contribution in [3.05, 3.63) is 64.7 Å². The quantitative estimate of drug-likeness (QED) is 0.686. The number of nitrogens with zero attached hydrogens (tertiary/aromatic N) is 1. The number of hydrogen-bond acceptors (Lipinski definition) is 5. The van der Waals surface area contributed by atoms with Gasteiger partial charge in [0.15, 0.2) is 6.61 Å². The summed E-state index contributed by atoms with van der Waals surface area (Å²) in [6, 6.07) is 13.6. The normalized spacial score (nSPS) is 15.6. The van der Waals surface area contributed by atoms with Gasteiger partial charge in [-0.3, -0.25) is 29.6 Å². The Bertz CT molecular complexity index is 994. The number of rotatable bonds is 6. The molecule has 2 N–H and O–H groups in total. The van der Waals surface area contributed by atoms with Gasteiger partial charge in [-0.15, -0.1) is 0 Å². The van der Waals surface area contributed by atoms with E-state index in [-0.39, 0.29) is 13.0 Å². The number of hydrazine groups is 1. The number of nitrogens with one attached hydrogen (secondary N) is 2. The average Bonchev–Trinajstić information content (AvgIpc) is 3.08. The zero-order valence-corrected chi connectivity index (χ0v) is 16.9. The Morgan fingerprint density at radius 3 is 2.67 bits per heavy atom. The molecule has 3 rings (SSSR count). The van der Waals surface area contributed by atoms with Crippen LogP contribution in [0.4, 0.5) is 5.69 Å². The number of halogens is 1. The first kappa shape index (κ1) is 21.3. The molecule has 0 aromatic heterocycles. The van der Waals surface area contributed by atoms with Crippen molar-refractivity contribution in [2.24, 2.45) is 5.92 Å². The van der Waals surface area contributed by atoms with E-state index >= 15 is 0 Å². The fourth-order valence-electron chi connectivity index (χ4n) is 2.95. The lowest BCUT2D eigenvalue weighted by Crippen LogP contribution is -2.43. The molecule has 156 valence electrons. The van der Waals surface area contributed by atoms with Gasteiger partial charge in [-0.05, 0) is 31.2 Å². The van der Waals surface area contributed by atoms with Gasteiger partial charge in [-0.25, -0.2) is 0 Å². The molecule has 1 atom stereocenters. The Labute approximate surface area is 178 Å². The van der Waals surface area contributed by atoms with E-state index in [0.29, 0.717) is 16.3 Å². The van der Waals surface area contributed by atoms with Crippen LogP contribution in [0.25, 0.3) is 0 Å². The van der Waals surface area contributed by atoms with Crippen LogP contribution in [0.15, 0.2) is 48.5 Å². The maximum Gasteiger partial charge on any atom is 0.311 e. The third kappa shape index (κ3) is 5.36. The summed E-state index contributed by atoms with van der Waals surface area (Å²) in [5.41, 5.74) is 4.22. The smallest absolute Gasteiger partial charge is 0.311 e. The highest BCUT2D eigenvalue weighted by atomic mass is 35.5. The Morgan fingerprint density at radius 1 is 1.17 bits per heavy atom. The van der Waals surface area contributed by atoms with Crippen LogP contribution in [-0.4, -0.2) is 41.9 Å². The number of para-hydroxylation sites is 1. The minimum Gasteiger partial charge on any atom is -0.455 e. The maximum absolute atomic E-state index is 12.3. The van der Waals surface area contributed by atoms with Gasteiger partial charge in [0.1, 0.15) is 0 Å². The molecule has 2 aromatic carbocycles. The highest BCUT2D eigenvalue weighted by Gasteiger charge is 2.36. The summed E-state index contributed by atoms with van der Waals surface area (Å²) in [7, 11) is 0. The number of carbonyl (C=O) groups is 4. The van der Waals surface area contributed by atoms with Crippen molar-refractivity contribution in [1.29, 1.82) is 0 Å². The van der Waals surface area contributed by atoms with Gasteiger partial charge in [0, 0.05) is 12.0 Å². The summed E-state index contributed by atoms with van der Waals surface area (Å²) in [5, 5.41) is 4.00. The van der Waals surface area contributed by atoms with E-state index in [4.69, 9.17) is 16.3 Å². The fourth-order valence-corrected chi connectivity index (χ4v) is 3.13. The minimum atomic E-state index is -0.775. The van der Waals surface area contributed by atoms with Crippen molar-refractivity contribution in [3.63, 3.8) is 0 Å². The summed E-state index contributed by atoms with van der Waals surface area (Å²) >= 11 is 5.96. The molecular weight excluding hydrogens is 410 g/mol. The second-order valence-electron chi connectivity index (χ2n) is 6.85. The Hall–Kier alpha value is -3.39. The molecule has 8 nitrogen and oxygen atoms in total. The molecule has 1 fully saturated rings. The van der Waals surface area contributed by atoms with Gasteiger partial charge in [0.2, 0.25) is 5.91 Å². The molecular formula is C21H20ClN3O5. The average molecular weight is 430 g/mol. The van der Waals surface area contributed by atoms with Crippen LogP contribution < -0.4 is 10.7 Å². The van der Waals surface area contributed by atoms with Crippen molar-refractivity contribution < 1.29 is 23.9 Å². The molecule has 1 aliphatic heterocycles. The lowest BCUT2D eigenvalue weighted by Gasteiger charge is -2.17. The third-order valence-electron chi connectivity index (χ3n) is 4.47. The SMILES string of the molecule is Cc1cccc(C(=O)NN2C[C@H](C(=O)OCC(=O)Nc3ccccc3Cl)CC2=O)c1. The van der Waals surface area contributed by atoms with Crippen LogP contribution in [-0.2, 0) is 19.1 Å². The molecule has 0 saturated carbocycles. The maximum atomic E-state index is 12.3. The van der Waals surface area contributed by atoms with Gasteiger partial charge in [-0.2, -0.15) is 0 Å². The van der Waals surface area contributed by atoms with E-state index in [1.54, 1.807) is 42.5 Å². The number of anilines is 1. The summed E-state index contributed by atoms with van der Waals surface area (Å²) in [5.74, 6) is -2.86. The molecule has 2 aromatic rings. The molecule has 1 aliphatic rings. The predicted molar refractivity (Wildman–Crippen MR) is 110 cm³/mol. The largest absolute Gasteiger partial charge is 0.455 e. The van der Waals surface area contributed by atoms with Gasteiger partial charge < -0.3 is 10.1 Å². The molecule has 1 heterocycles. The summed E-state index contributed by atoms with van der Waals surface area (Å²) in [6.07, 6.45) is -0.112. The van der Waals surface area contributed by atoms with Gasteiger partial charge in [-0.1, -0.05) is 41.4 Å². The van der Waals surface area contributed by atoms with Crippen molar-refractivity contribution in [2.45, 2.75) is 13.3 Å². The molecule has 0 radical (unpaired) electrons. The number of aryl methyl sites for hydroxylation is 1. The van der Waals surface area contributed by atoms with Crippen LogP contribution in [0, 0.1) is 12.8 Å². The summed E-state index contributed by atoms with van der Waals surface area (Å²) in [6.45, 7) is 1.32. The third-order valence-corrected chi connectivity index (χ3v) is 4.80. The second-order valence-corrected chi connectivity index (χ2v) is 7.26. The molecule has 0 unspecified atom stereocenters. The number of carbonyl (C=O) groups excluding carboxylic acids is 4. The predicted octanol–water partition coefficient (Wildman–Crippen LogP) is 2.32. The first-order valence-electron chi connectivity index (χ1n) is 9.22. The zero-order chi connectivity index (χ0) is 21.7. The zero-order valence-electron chi connectivity index (χ0n) is 16.2. The van der Waals surface area contributed by atoms with E-state index in [1.807, 2.05) is 13.0 Å². The van der Waals surface area contributed by atoms with Gasteiger partial charge in [0.05, 0.1) is 23.2 Å². The molecule has 0 spiro atoms. The molecule has 0 bridgehead atoms. The monoisotopic (exact) mass is 429 g/mol. The van der Waals surface area contributed by atoms with E-state index in [1.165, 1.54) is 0 Å². The first-order chi connectivity index (χ1) is 14.3. The standard InChI is InChI=1S/C21H20ClN3O5/c1-13-5-4-6-14(9-13)20(28)24-25-11-15(10-19(25)27)21(29)30-12-18(26)23-17-8-3-2-7-16(17)22/h2-9,15H,10-12H2,1H3,(H,23,26)(H,24,28)/t15-/m1/s1. The highest BCUT2D eigenvalue weighted by molar-refractivity contribution is 6.33. The number of benzene rings is 2. The molecule has 1 saturated heterocycles. The number of esters is 1. The van der Waals surface area contributed by atoms with Crippen LogP contribution >= 0.6 is 11.6 Å². The first-order valence-corrected chi connectivity index (χ1v) is 9.60. The lowest BCUT2D eigenvalue weighted by atomic mass is 10.1. The molecule has 30 heavy (non-hydrogen) atoms. The van der Waals surface area contributed by atoms with Crippen molar-refractivity contribution in [3.8, 4) is 0 Å². The molecule has 9 heteroatoms. The number of amides is 3. The summed E-state index contributed by atoms with van der Waals surface area (Å²) < 4.78 is 5.02. The number of hydrogen-bond donors (Lipinski definition) is 2. The van der Waals surface area contributed by atoms with Crippen LogP contribution in [0.1, 0.15) is 22.3 Å². The second kappa shape index (κ2) is 9.41. The van der Waals surface area contributed by atoms with Crippen LogP contribution in [0.3, 0.4) is 0 Å². The van der Waals surface area contributed by atoms with E-state index in [0.717, 1.165) is 10.6 Å². The van der Waals surface area contributed by atoms with Crippen LogP contribution in [0.2, 0.25) is 5.02 Å². The minimum absolute atomic E-state index is 0.0264. The topological polar surface area (TPSA) is 105 Å². The van der Waals surface area contributed by atoms with Crippen LogP contribution in [0.5, 0.6) is 0 Å². The Morgan fingerprint density at radius 2 is 1.93 bits per heavy atom. The Balaban J connectivity index is 1.49. The van der Waals surface area contributed by atoms with Crippen molar-refractivity contribution >= 4 is 41.0 Å². The van der Waals surface area contributed by atoms with E-state index < -0.39 is 36.2 Å². The van der Waals surface area contributed by atoms with Crippen molar-refractivity contribution in [2.75, 3.05) is 18.5 Å². The van der Waals surface area contributed by atoms with E-state index in [2.05, 4.69) is 10.7 Å².